The largest absolute Gasteiger partial charge is 0.506 e. The van der Waals surface area contributed by atoms with E-state index in [1.807, 2.05) is 45.0 Å². The van der Waals surface area contributed by atoms with Gasteiger partial charge in [-0.1, -0.05) is 37.1 Å². The molecule has 25 heavy (non-hydrogen) atoms. The number of carbonyl (C=O) groups is 1. The normalized spacial score (nSPS) is 11.8. The smallest absolute Gasteiger partial charge is 0.265 e. The molecule has 0 aromatic heterocycles. The molecular weight excluding hydrogens is 314 g/mol. The van der Waals surface area contributed by atoms with Crippen molar-refractivity contribution in [3.8, 4) is 11.5 Å². The maximum Gasteiger partial charge on any atom is 0.265 e. The minimum atomic E-state index is -0.595. The summed E-state index contributed by atoms with van der Waals surface area (Å²) in [7, 11) is 0. The lowest BCUT2D eigenvalue weighted by molar-refractivity contribution is -0.123. The number of nitrogens with one attached hydrogen (secondary N) is 1. The molecule has 0 radical (unpaired) electrons. The van der Waals surface area contributed by atoms with Gasteiger partial charge in [0.2, 0.25) is 0 Å². The molecule has 0 bridgehead atoms. The summed E-state index contributed by atoms with van der Waals surface area (Å²) in [5, 5.41) is 12.8. The lowest BCUT2D eigenvalue weighted by Crippen LogP contribution is -2.33. The summed E-state index contributed by atoms with van der Waals surface area (Å²) in [4.78, 5) is 12.7. The summed E-state index contributed by atoms with van der Waals surface area (Å²) in [6, 6.07) is 11.1. The van der Waals surface area contributed by atoms with Crippen molar-refractivity contribution in [3.63, 3.8) is 0 Å². The Kier molecular flexibility index (Phi) is 6.45. The Morgan fingerprint density at radius 3 is 2.44 bits per heavy atom. The van der Waals surface area contributed by atoms with Crippen molar-refractivity contribution in [2.45, 2.75) is 53.1 Å². The van der Waals surface area contributed by atoms with Gasteiger partial charge in [0.15, 0.2) is 6.10 Å². The van der Waals surface area contributed by atoms with Crippen LogP contribution in [0.15, 0.2) is 36.4 Å². The molecule has 0 saturated carbocycles. The fraction of sp³-hybridized carbons (Fsp3) is 0.381. The van der Waals surface area contributed by atoms with Gasteiger partial charge in [-0.25, -0.2) is 0 Å². The number of ether oxygens (including phenoxy) is 1. The Morgan fingerprint density at radius 2 is 1.80 bits per heavy atom. The quantitative estimate of drug-likeness (QED) is 0.705. The van der Waals surface area contributed by atoms with E-state index in [1.54, 1.807) is 12.1 Å². The molecule has 4 nitrogen and oxygen atoms in total. The Balaban J connectivity index is 2.16. The molecule has 0 aliphatic rings. The summed E-state index contributed by atoms with van der Waals surface area (Å²) in [6.45, 7) is 7.97. The summed E-state index contributed by atoms with van der Waals surface area (Å²) < 4.78 is 6.01. The van der Waals surface area contributed by atoms with Crippen LogP contribution >= 0.6 is 0 Å². The fourth-order valence-electron chi connectivity index (χ4n) is 2.68. The molecule has 0 spiro atoms. The molecule has 1 amide bonds. The van der Waals surface area contributed by atoms with Crippen LogP contribution in [-0.2, 0) is 4.79 Å². The van der Waals surface area contributed by atoms with Crippen LogP contribution in [0.5, 0.6) is 11.5 Å². The average Bonchev–Trinajstić information content (AvgIpc) is 2.55. The topological polar surface area (TPSA) is 58.6 Å². The first-order valence-corrected chi connectivity index (χ1v) is 8.75. The van der Waals surface area contributed by atoms with Gasteiger partial charge in [0, 0.05) is 0 Å². The predicted molar refractivity (Wildman–Crippen MR) is 101 cm³/mol. The van der Waals surface area contributed by atoms with Gasteiger partial charge in [0.05, 0.1) is 5.69 Å². The number of aryl methyl sites for hydroxylation is 3. The van der Waals surface area contributed by atoms with Crippen LogP contribution in [-0.4, -0.2) is 17.1 Å². The van der Waals surface area contributed by atoms with E-state index in [0.29, 0.717) is 12.1 Å². The molecule has 0 heterocycles. The van der Waals surface area contributed by atoms with Gasteiger partial charge in [-0.3, -0.25) is 4.79 Å². The van der Waals surface area contributed by atoms with Gasteiger partial charge in [-0.05, 0) is 62.9 Å². The lowest BCUT2D eigenvalue weighted by atomic mass is 10.1. The second kappa shape index (κ2) is 8.56. The van der Waals surface area contributed by atoms with E-state index in [0.717, 1.165) is 35.3 Å². The third kappa shape index (κ3) is 5.24. The zero-order chi connectivity index (χ0) is 18.4. The molecule has 0 aliphatic carbocycles. The number of rotatable bonds is 7. The van der Waals surface area contributed by atoms with E-state index in [1.165, 1.54) is 0 Å². The monoisotopic (exact) mass is 341 g/mol. The summed E-state index contributed by atoms with van der Waals surface area (Å²) in [6.07, 6.45) is 1.91. The van der Waals surface area contributed by atoms with Crippen LogP contribution in [0.4, 0.5) is 5.69 Å². The van der Waals surface area contributed by atoms with Gasteiger partial charge in [0.25, 0.3) is 5.91 Å². The summed E-state index contributed by atoms with van der Waals surface area (Å²) >= 11 is 0. The van der Waals surface area contributed by atoms with Gasteiger partial charge in [-0.15, -0.1) is 0 Å². The molecule has 4 heteroatoms. The number of aromatic hydroxyl groups is 1. The lowest BCUT2D eigenvalue weighted by Gasteiger charge is -2.20. The van der Waals surface area contributed by atoms with E-state index in [4.69, 9.17) is 4.74 Å². The van der Waals surface area contributed by atoms with Gasteiger partial charge < -0.3 is 15.2 Å². The first-order chi connectivity index (χ1) is 11.9. The van der Waals surface area contributed by atoms with Gasteiger partial charge in [-0.2, -0.15) is 0 Å². The SMILES string of the molecule is CCCCC(Oc1ccc(C)cc1C)C(=O)Nc1ccc(C)cc1O. The highest BCUT2D eigenvalue weighted by molar-refractivity contribution is 5.95. The van der Waals surface area contributed by atoms with Crippen LogP contribution in [0.3, 0.4) is 0 Å². The molecule has 2 aromatic carbocycles. The number of hydrogen-bond acceptors (Lipinski definition) is 3. The van der Waals surface area contributed by atoms with E-state index in [-0.39, 0.29) is 11.7 Å². The van der Waals surface area contributed by atoms with E-state index >= 15 is 0 Å². The highest BCUT2D eigenvalue weighted by Gasteiger charge is 2.21. The van der Waals surface area contributed by atoms with Crippen LogP contribution in [0.1, 0.15) is 42.9 Å². The zero-order valence-corrected chi connectivity index (χ0v) is 15.4. The van der Waals surface area contributed by atoms with E-state index < -0.39 is 6.10 Å². The zero-order valence-electron chi connectivity index (χ0n) is 15.4. The number of carbonyl (C=O) groups excluding carboxylic acids is 1. The number of anilines is 1. The highest BCUT2D eigenvalue weighted by atomic mass is 16.5. The number of unbranched alkanes of at least 4 members (excludes halogenated alkanes) is 1. The minimum absolute atomic E-state index is 0.0640. The third-order valence-electron chi connectivity index (χ3n) is 4.12. The summed E-state index contributed by atoms with van der Waals surface area (Å²) in [5.41, 5.74) is 3.50. The first kappa shape index (κ1) is 18.8. The third-order valence-corrected chi connectivity index (χ3v) is 4.12. The Bertz CT molecular complexity index is 740. The number of amides is 1. The number of benzene rings is 2. The fourth-order valence-corrected chi connectivity index (χ4v) is 2.68. The molecule has 2 N–H and O–H groups in total. The average molecular weight is 341 g/mol. The molecule has 2 rings (SSSR count). The molecule has 1 unspecified atom stereocenters. The van der Waals surface area contributed by atoms with Gasteiger partial charge in [0.1, 0.15) is 11.5 Å². The Labute approximate surface area is 149 Å². The van der Waals surface area contributed by atoms with E-state index in [2.05, 4.69) is 12.2 Å². The van der Waals surface area contributed by atoms with Crippen LogP contribution in [0.25, 0.3) is 0 Å². The second-order valence-corrected chi connectivity index (χ2v) is 6.53. The standard InChI is InChI=1S/C21H27NO3/c1-5-6-7-20(25-19-11-9-14(2)12-16(19)4)21(24)22-17-10-8-15(3)13-18(17)23/h8-13,20,23H,5-7H2,1-4H3,(H,22,24). The van der Waals surface area contributed by atoms with Crippen molar-refractivity contribution in [1.82, 2.24) is 0 Å². The van der Waals surface area contributed by atoms with Crippen molar-refractivity contribution in [2.75, 3.05) is 5.32 Å². The van der Waals surface area contributed by atoms with Crippen molar-refractivity contribution < 1.29 is 14.6 Å². The summed E-state index contributed by atoms with van der Waals surface area (Å²) in [5.74, 6) is 0.539. The Morgan fingerprint density at radius 1 is 1.12 bits per heavy atom. The van der Waals surface area contributed by atoms with Crippen LogP contribution in [0.2, 0.25) is 0 Å². The Hall–Kier alpha value is -2.49. The molecule has 0 saturated heterocycles. The predicted octanol–water partition coefficient (Wildman–Crippen LogP) is 4.89. The maximum atomic E-state index is 12.7. The molecular formula is C21H27NO3. The van der Waals surface area contributed by atoms with Gasteiger partial charge >= 0.3 is 0 Å². The molecule has 0 aliphatic heterocycles. The number of phenols is 1. The van der Waals surface area contributed by atoms with Crippen molar-refractivity contribution in [2.24, 2.45) is 0 Å². The molecule has 134 valence electrons. The van der Waals surface area contributed by atoms with Crippen molar-refractivity contribution in [1.29, 1.82) is 0 Å². The highest BCUT2D eigenvalue weighted by Crippen LogP contribution is 2.26. The van der Waals surface area contributed by atoms with Crippen molar-refractivity contribution in [3.05, 3.63) is 53.1 Å². The number of phenolic OH excluding ortho intramolecular Hbond substituents is 1. The van der Waals surface area contributed by atoms with Crippen LogP contribution in [0, 0.1) is 20.8 Å². The number of hydrogen-bond donors (Lipinski definition) is 2. The van der Waals surface area contributed by atoms with E-state index in [9.17, 15) is 9.90 Å². The molecule has 1 atom stereocenters. The molecule has 2 aromatic rings. The maximum absolute atomic E-state index is 12.7. The minimum Gasteiger partial charge on any atom is -0.506 e. The second-order valence-electron chi connectivity index (χ2n) is 6.53. The molecule has 0 fully saturated rings. The van der Waals surface area contributed by atoms with Crippen LogP contribution < -0.4 is 10.1 Å². The van der Waals surface area contributed by atoms with Crippen molar-refractivity contribution >= 4 is 11.6 Å². The first-order valence-electron chi connectivity index (χ1n) is 8.75.